The Labute approximate surface area is 140 Å². The molecule has 124 valence electrons. The Kier molecular flexibility index (Phi) is 6.08. The van der Waals surface area contributed by atoms with Crippen LogP contribution in [-0.4, -0.2) is 31.7 Å². The average molecular weight is 325 g/mol. The van der Waals surface area contributed by atoms with Crippen molar-refractivity contribution in [3.8, 4) is 0 Å². The van der Waals surface area contributed by atoms with E-state index in [2.05, 4.69) is 20.6 Å². The summed E-state index contributed by atoms with van der Waals surface area (Å²) in [5.41, 5.74) is 5.65. The summed E-state index contributed by atoms with van der Waals surface area (Å²) < 4.78 is 4.62. The lowest BCUT2D eigenvalue weighted by Crippen LogP contribution is -2.26. The molecule has 0 heterocycles. The van der Waals surface area contributed by atoms with Crippen LogP contribution in [0, 0.1) is 6.92 Å². The van der Waals surface area contributed by atoms with E-state index in [0.717, 1.165) is 16.8 Å². The quantitative estimate of drug-likeness (QED) is 0.485. The number of esters is 1. The zero-order chi connectivity index (χ0) is 17.4. The normalized spacial score (nSPS) is 10.4. The van der Waals surface area contributed by atoms with Gasteiger partial charge in [-0.05, 0) is 36.2 Å². The second-order valence-electron chi connectivity index (χ2n) is 5.08. The molecule has 2 aromatic carbocycles. The number of hydrogen-bond acceptors (Lipinski definition) is 5. The molecule has 0 aliphatic rings. The number of benzene rings is 2. The van der Waals surface area contributed by atoms with Crippen molar-refractivity contribution in [3.05, 3.63) is 65.2 Å². The van der Waals surface area contributed by atoms with Gasteiger partial charge in [-0.1, -0.05) is 30.3 Å². The molecule has 0 aromatic heterocycles. The number of methoxy groups -OCH3 is 1. The number of nitrogens with zero attached hydrogens (tertiary/aromatic N) is 1. The summed E-state index contributed by atoms with van der Waals surface area (Å²) in [4.78, 5) is 23.1. The lowest BCUT2D eigenvalue weighted by Gasteiger charge is -2.07. The van der Waals surface area contributed by atoms with Gasteiger partial charge < -0.3 is 10.1 Å². The van der Waals surface area contributed by atoms with Crippen LogP contribution in [0.1, 0.15) is 21.5 Å². The second-order valence-corrected chi connectivity index (χ2v) is 5.08. The van der Waals surface area contributed by atoms with Crippen molar-refractivity contribution in [2.75, 3.05) is 19.0 Å². The molecule has 2 aromatic rings. The molecule has 0 unspecified atom stereocenters. The molecule has 2 rings (SSSR count). The van der Waals surface area contributed by atoms with Crippen LogP contribution in [0.4, 0.5) is 5.69 Å². The molecule has 0 fully saturated rings. The zero-order valence-electron chi connectivity index (χ0n) is 13.6. The number of nitrogens with one attached hydrogen (secondary N) is 2. The molecule has 24 heavy (non-hydrogen) atoms. The van der Waals surface area contributed by atoms with Crippen LogP contribution < -0.4 is 10.7 Å². The van der Waals surface area contributed by atoms with Crippen molar-refractivity contribution in [2.45, 2.75) is 6.92 Å². The fourth-order valence-corrected chi connectivity index (χ4v) is 1.99. The van der Waals surface area contributed by atoms with Crippen LogP contribution in [0.3, 0.4) is 0 Å². The van der Waals surface area contributed by atoms with Crippen LogP contribution in [0.2, 0.25) is 0 Å². The summed E-state index contributed by atoms with van der Waals surface area (Å²) in [5, 5.41) is 6.94. The Morgan fingerprint density at radius 2 is 1.83 bits per heavy atom. The highest BCUT2D eigenvalue weighted by molar-refractivity contribution is 5.91. The summed E-state index contributed by atoms with van der Waals surface area (Å²) in [6, 6.07) is 14.4. The summed E-state index contributed by atoms with van der Waals surface area (Å²) in [6.07, 6.45) is 1.51. The third-order valence-corrected chi connectivity index (χ3v) is 3.32. The lowest BCUT2D eigenvalue weighted by atomic mass is 10.1. The van der Waals surface area contributed by atoms with E-state index >= 15 is 0 Å². The van der Waals surface area contributed by atoms with Crippen molar-refractivity contribution in [3.63, 3.8) is 0 Å². The summed E-state index contributed by atoms with van der Waals surface area (Å²) in [5.74, 6) is -0.644. The zero-order valence-corrected chi connectivity index (χ0v) is 13.6. The highest BCUT2D eigenvalue weighted by Gasteiger charge is 2.04. The number of amides is 1. The molecule has 0 spiro atoms. The molecule has 1 amide bonds. The van der Waals surface area contributed by atoms with Gasteiger partial charge in [0.15, 0.2) is 0 Å². The monoisotopic (exact) mass is 325 g/mol. The minimum Gasteiger partial charge on any atom is -0.465 e. The van der Waals surface area contributed by atoms with E-state index < -0.39 is 5.97 Å². The van der Waals surface area contributed by atoms with Gasteiger partial charge in [-0.3, -0.25) is 4.79 Å². The van der Waals surface area contributed by atoms with Gasteiger partial charge in [-0.25, -0.2) is 10.2 Å². The molecule has 2 N–H and O–H groups in total. The van der Waals surface area contributed by atoms with Gasteiger partial charge in [0.1, 0.15) is 0 Å². The van der Waals surface area contributed by atoms with Gasteiger partial charge in [0.05, 0.1) is 25.4 Å². The number of anilines is 1. The number of hydrazone groups is 1. The van der Waals surface area contributed by atoms with Gasteiger partial charge in [-0.15, -0.1) is 0 Å². The summed E-state index contributed by atoms with van der Waals surface area (Å²) >= 11 is 0. The highest BCUT2D eigenvalue weighted by Crippen LogP contribution is 2.12. The Morgan fingerprint density at radius 1 is 1.12 bits per heavy atom. The fraction of sp³-hybridized carbons (Fsp3) is 0.167. The molecule has 0 saturated carbocycles. The Balaban J connectivity index is 1.82. The lowest BCUT2D eigenvalue weighted by molar-refractivity contribution is -0.119. The number of aryl methyl sites for hydroxylation is 1. The van der Waals surface area contributed by atoms with Gasteiger partial charge in [-0.2, -0.15) is 5.10 Å². The van der Waals surface area contributed by atoms with Crippen LogP contribution in [0.5, 0.6) is 0 Å². The van der Waals surface area contributed by atoms with Crippen LogP contribution in [0.25, 0.3) is 0 Å². The number of carbonyl (C=O) groups excluding carboxylic acids is 2. The molecule has 0 radical (unpaired) electrons. The molecule has 6 nitrogen and oxygen atoms in total. The molecule has 0 aliphatic heterocycles. The van der Waals surface area contributed by atoms with Gasteiger partial charge in [0, 0.05) is 5.69 Å². The first kappa shape index (κ1) is 17.2. The first-order valence-corrected chi connectivity index (χ1v) is 7.40. The number of hydrogen-bond donors (Lipinski definition) is 2. The topological polar surface area (TPSA) is 79.8 Å². The van der Waals surface area contributed by atoms with Crippen LogP contribution in [0.15, 0.2) is 53.6 Å². The maximum atomic E-state index is 11.8. The van der Waals surface area contributed by atoms with Crippen molar-refractivity contribution in [1.82, 2.24) is 5.43 Å². The number of rotatable bonds is 6. The fourth-order valence-electron chi connectivity index (χ4n) is 1.99. The van der Waals surface area contributed by atoms with E-state index in [9.17, 15) is 9.59 Å². The summed E-state index contributed by atoms with van der Waals surface area (Å²) in [7, 11) is 1.33. The largest absolute Gasteiger partial charge is 0.465 e. The predicted octanol–water partition coefficient (Wildman–Crippen LogP) is 2.34. The van der Waals surface area contributed by atoms with Gasteiger partial charge in [0.25, 0.3) is 5.91 Å². The number of carbonyl (C=O) groups is 2. The van der Waals surface area contributed by atoms with E-state index in [4.69, 9.17) is 0 Å². The highest BCUT2D eigenvalue weighted by atomic mass is 16.5. The molecule has 0 bridgehead atoms. The van der Waals surface area contributed by atoms with Crippen molar-refractivity contribution >= 4 is 23.8 Å². The molecular weight excluding hydrogens is 306 g/mol. The number of ether oxygens (including phenoxy) is 1. The second kappa shape index (κ2) is 8.47. The van der Waals surface area contributed by atoms with E-state index in [1.165, 1.54) is 13.3 Å². The Morgan fingerprint density at radius 3 is 2.50 bits per heavy atom. The standard InChI is InChI=1S/C18H19N3O3/c1-13-5-3-4-6-16(13)19-12-17(22)21-20-11-14-7-9-15(10-8-14)18(23)24-2/h3-11,19H,12H2,1-2H3,(H,21,22)/b20-11+. The third kappa shape index (κ3) is 4.95. The predicted molar refractivity (Wildman–Crippen MR) is 93.2 cm³/mol. The minimum absolute atomic E-state index is 0.128. The first-order valence-electron chi connectivity index (χ1n) is 7.40. The molecule has 0 saturated heterocycles. The Bertz CT molecular complexity index is 739. The summed E-state index contributed by atoms with van der Waals surface area (Å²) in [6.45, 7) is 2.10. The van der Waals surface area contributed by atoms with Crippen molar-refractivity contribution in [1.29, 1.82) is 0 Å². The number of para-hydroxylation sites is 1. The maximum absolute atomic E-state index is 11.8. The SMILES string of the molecule is COC(=O)c1ccc(/C=N/NC(=O)CNc2ccccc2C)cc1. The van der Waals surface area contributed by atoms with Crippen molar-refractivity contribution in [2.24, 2.45) is 5.10 Å². The van der Waals surface area contributed by atoms with E-state index in [1.807, 2.05) is 31.2 Å². The van der Waals surface area contributed by atoms with E-state index in [-0.39, 0.29) is 12.5 Å². The van der Waals surface area contributed by atoms with Crippen LogP contribution >= 0.6 is 0 Å². The minimum atomic E-state index is -0.394. The molecule has 6 heteroatoms. The van der Waals surface area contributed by atoms with Crippen molar-refractivity contribution < 1.29 is 14.3 Å². The molecule has 0 atom stereocenters. The van der Waals surface area contributed by atoms with E-state index in [1.54, 1.807) is 24.3 Å². The molecular formula is C18H19N3O3. The van der Waals surface area contributed by atoms with Gasteiger partial charge in [0.2, 0.25) is 0 Å². The Hall–Kier alpha value is -3.15. The van der Waals surface area contributed by atoms with E-state index in [0.29, 0.717) is 5.56 Å². The smallest absolute Gasteiger partial charge is 0.337 e. The van der Waals surface area contributed by atoms with Crippen LogP contribution in [-0.2, 0) is 9.53 Å². The van der Waals surface area contributed by atoms with Gasteiger partial charge >= 0.3 is 5.97 Å². The molecule has 0 aliphatic carbocycles. The first-order chi connectivity index (χ1) is 11.6. The third-order valence-electron chi connectivity index (χ3n) is 3.32. The maximum Gasteiger partial charge on any atom is 0.337 e. The average Bonchev–Trinajstić information content (AvgIpc) is 2.61.